The molecule has 154 valence electrons. The molecular weight excluding hydrogens is 452 g/mol. The van der Waals surface area contributed by atoms with Gasteiger partial charge >= 0.3 is 0 Å². The van der Waals surface area contributed by atoms with Gasteiger partial charge in [-0.15, -0.1) is 0 Å². The number of hydrogen-bond donors (Lipinski definition) is 1. The van der Waals surface area contributed by atoms with Gasteiger partial charge in [-0.25, -0.2) is 4.98 Å². The number of hydrogen-bond acceptors (Lipinski definition) is 2. The van der Waals surface area contributed by atoms with Gasteiger partial charge in [-0.2, -0.15) is 0 Å². The van der Waals surface area contributed by atoms with E-state index in [2.05, 4.69) is 108 Å². The van der Waals surface area contributed by atoms with Crippen LogP contribution in [0.2, 0.25) is 5.04 Å². The lowest BCUT2D eigenvalue weighted by Gasteiger charge is -2.43. The van der Waals surface area contributed by atoms with E-state index in [0.717, 1.165) is 27.8 Å². The van der Waals surface area contributed by atoms with Crippen LogP contribution in [0.4, 0.5) is 0 Å². The topological polar surface area (TPSA) is 37.9 Å². The maximum absolute atomic E-state index is 6.96. The fourth-order valence-corrected chi connectivity index (χ4v) is 9.25. The van der Waals surface area contributed by atoms with E-state index in [1.54, 1.807) is 0 Å². The second-order valence-corrected chi connectivity index (χ2v) is 13.7. The van der Waals surface area contributed by atoms with Gasteiger partial charge in [0, 0.05) is 17.5 Å². The van der Waals surface area contributed by atoms with Gasteiger partial charge in [0.05, 0.1) is 5.52 Å². The molecule has 1 N–H and O–H groups in total. The minimum Gasteiger partial charge on any atom is -0.407 e. The number of fused-ring (bicyclic) bond motifs is 1. The quantitative estimate of drug-likeness (QED) is 0.374. The van der Waals surface area contributed by atoms with Gasteiger partial charge in [-0.05, 0) is 43.5 Å². The Hall–Kier alpha value is -2.21. The number of halogens is 1. The van der Waals surface area contributed by atoms with Crippen LogP contribution in [0, 0.1) is 0 Å². The standard InChI is InChI=1S/C25H27BrN2OSi/c1-25(2,3)30(19-11-6-4-7-12-19,20-13-8-5-9-14-20)29-18-17-23-27-22-16-10-15-21(26)24(22)28-23/h4-16H,17-18H2,1-3H3,(H,27,28). The summed E-state index contributed by atoms with van der Waals surface area (Å²) in [6, 6.07) is 27.6. The van der Waals surface area contributed by atoms with E-state index in [4.69, 9.17) is 9.41 Å². The number of aromatic amines is 1. The Bertz CT molecular complexity index is 1080. The van der Waals surface area contributed by atoms with Crippen molar-refractivity contribution in [2.45, 2.75) is 32.2 Å². The zero-order valence-electron chi connectivity index (χ0n) is 17.7. The van der Waals surface area contributed by atoms with E-state index in [1.165, 1.54) is 10.4 Å². The number of rotatable bonds is 6. The molecule has 0 radical (unpaired) electrons. The molecule has 0 aliphatic heterocycles. The predicted octanol–water partition coefficient (Wildman–Crippen LogP) is 5.44. The van der Waals surface area contributed by atoms with Crippen molar-refractivity contribution < 1.29 is 4.43 Å². The third kappa shape index (κ3) is 3.89. The van der Waals surface area contributed by atoms with Crippen molar-refractivity contribution in [2.75, 3.05) is 6.61 Å². The number of benzene rings is 3. The second-order valence-electron chi connectivity index (χ2n) is 8.58. The molecule has 0 unspecified atom stereocenters. The second kappa shape index (κ2) is 8.50. The van der Waals surface area contributed by atoms with Crippen LogP contribution in [0.15, 0.2) is 83.3 Å². The summed E-state index contributed by atoms with van der Waals surface area (Å²) < 4.78 is 7.97. The van der Waals surface area contributed by atoms with Gasteiger partial charge in [0.15, 0.2) is 0 Å². The summed E-state index contributed by atoms with van der Waals surface area (Å²) in [5.74, 6) is 0.954. The number of imidazole rings is 1. The summed E-state index contributed by atoms with van der Waals surface area (Å²) in [5, 5.41) is 2.58. The van der Waals surface area contributed by atoms with E-state index >= 15 is 0 Å². The van der Waals surface area contributed by atoms with Crippen molar-refractivity contribution >= 4 is 45.7 Å². The van der Waals surface area contributed by atoms with Gasteiger partial charge in [-0.3, -0.25) is 0 Å². The molecule has 4 aromatic rings. The Morgan fingerprint density at radius 3 is 2.00 bits per heavy atom. The van der Waals surface area contributed by atoms with Gasteiger partial charge in [0.1, 0.15) is 11.3 Å². The molecule has 3 aromatic carbocycles. The summed E-state index contributed by atoms with van der Waals surface area (Å²) in [6.07, 6.45) is 0.742. The third-order valence-corrected chi connectivity index (χ3v) is 11.3. The fourth-order valence-electron chi connectivity index (χ4n) is 4.23. The average Bonchev–Trinajstić information content (AvgIpc) is 3.16. The van der Waals surface area contributed by atoms with Crippen LogP contribution >= 0.6 is 15.9 Å². The molecule has 0 amide bonds. The molecule has 0 aliphatic carbocycles. The molecule has 3 nitrogen and oxygen atoms in total. The zero-order chi connectivity index (χ0) is 21.2. The van der Waals surface area contributed by atoms with Crippen LogP contribution in [-0.2, 0) is 10.8 Å². The summed E-state index contributed by atoms with van der Waals surface area (Å²) in [5.41, 5.74) is 2.02. The van der Waals surface area contributed by atoms with Crippen molar-refractivity contribution in [1.82, 2.24) is 9.97 Å². The van der Waals surface area contributed by atoms with Crippen LogP contribution in [0.5, 0.6) is 0 Å². The molecule has 0 fully saturated rings. The van der Waals surface area contributed by atoms with Crippen LogP contribution < -0.4 is 10.4 Å². The highest BCUT2D eigenvalue weighted by Crippen LogP contribution is 2.36. The maximum Gasteiger partial charge on any atom is 0.261 e. The lowest BCUT2D eigenvalue weighted by atomic mass is 10.2. The first-order valence-corrected chi connectivity index (χ1v) is 13.0. The molecule has 1 aromatic heterocycles. The van der Waals surface area contributed by atoms with E-state index < -0.39 is 8.32 Å². The summed E-state index contributed by atoms with van der Waals surface area (Å²) in [4.78, 5) is 8.21. The molecule has 0 aliphatic rings. The molecular formula is C25H27BrN2OSi. The number of nitrogens with one attached hydrogen (secondary N) is 1. The highest BCUT2D eigenvalue weighted by molar-refractivity contribution is 9.10. The monoisotopic (exact) mass is 478 g/mol. The largest absolute Gasteiger partial charge is 0.407 e. The molecule has 1 heterocycles. The van der Waals surface area contributed by atoms with E-state index in [0.29, 0.717) is 6.61 Å². The van der Waals surface area contributed by atoms with E-state index in [9.17, 15) is 0 Å². The van der Waals surface area contributed by atoms with Crippen molar-refractivity contribution in [3.05, 3.63) is 89.2 Å². The van der Waals surface area contributed by atoms with Gasteiger partial charge in [0.2, 0.25) is 0 Å². The van der Waals surface area contributed by atoms with Gasteiger partial charge in [-0.1, -0.05) is 87.5 Å². The lowest BCUT2D eigenvalue weighted by Crippen LogP contribution is -2.66. The Balaban J connectivity index is 1.68. The smallest absolute Gasteiger partial charge is 0.261 e. The average molecular weight is 479 g/mol. The first-order valence-electron chi connectivity index (χ1n) is 10.3. The van der Waals surface area contributed by atoms with Crippen molar-refractivity contribution in [2.24, 2.45) is 0 Å². The highest BCUT2D eigenvalue weighted by atomic mass is 79.9. The number of aromatic nitrogens is 2. The molecule has 0 atom stereocenters. The molecule has 0 bridgehead atoms. The molecule has 0 saturated heterocycles. The number of H-pyrrole nitrogens is 1. The SMILES string of the molecule is CC(C)(C)[Si](OCCc1nc2c(Br)cccc2[nH]1)(c1ccccc1)c1ccccc1. The molecule has 0 saturated carbocycles. The minimum absolute atomic E-state index is 0.0212. The molecule has 0 spiro atoms. The maximum atomic E-state index is 6.96. The van der Waals surface area contributed by atoms with Crippen molar-refractivity contribution in [3.63, 3.8) is 0 Å². The number of para-hydroxylation sites is 1. The zero-order valence-corrected chi connectivity index (χ0v) is 20.2. The lowest BCUT2D eigenvalue weighted by molar-refractivity contribution is 0.299. The molecule has 5 heteroatoms. The Labute approximate surface area is 187 Å². The van der Waals surface area contributed by atoms with Crippen molar-refractivity contribution in [1.29, 1.82) is 0 Å². The van der Waals surface area contributed by atoms with E-state index in [1.807, 2.05) is 12.1 Å². The third-order valence-electron chi connectivity index (χ3n) is 5.59. The highest BCUT2D eigenvalue weighted by Gasteiger charge is 2.49. The minimum atomic E-state index is -2.50. The van der Waals surface area contributed by atoms with Gasteiger partial charge in [0.25, 0.3) is 8.32 Å². The summed E-state index contributed by atoms with van der Waals surface area (Å²) in [7, 11) is -2.50. The normalized spacial score (nSPS) is 12.4. The predicted molar refractivity (Wildman–Crippen MR) is 131 cm³/mol. The van der Waals surface area contributed by atoms with Crippen molar-refractivity contribution in [3.8, 4) is 0 Å². The Morgan fingerprint density at radius 2 is 1.47 bits per heavy atom. The van der Waals surface area contributed by atoms with Crippen LogP contribution in [0.1, 0.15) is 26.6 Å². The summed E-state index contributed by atoms with van der Waals surface area (Å²) in [6.45, 7) is 7.53. The fraction of sp³-hybridized carbons (Fsp3) is 0.240. The van der Waals surface area contributed by atoms with Crippen LogP contribution in [0.25, 0.3) is 11.0 Å². The van der Waals surface area contributed by atoms with Crippen LogP contribution in [-0.4, -0.2) is 24.9 Å². The first-order chi connectivity index (χ1) is 14.4. The van der Waals surface area contributed by atoms with Crippen LogP contribution in [0.3, 0.4) is 0 Å². The Kier molecular flexibility index (Phi) is 5.96. The first kappa shape index (κ1) is 21.0. The molecule has 4 rings (SSSR count). The Morgan fingerprint density at radius 1 is 0.867 bits per heavy atom. The van der Waals surface area contributed by atoms with Gasteiger partial charge < -0.3 is 9.41 Å². The summed E-state index contributed by atoms with van der Waals surface area (Å²) >= 11 is 3.59. The van der Waals surface area contributed by atoms with E-state index in [-0.39, 0.29) is 5.04 Å². The number of nitrogens with zero attached hydrogens (tertiary/aromatic N) is 1. The molecule has 30 heavy (non-hydrogen) atoms.